The van der Waals surface area contributed by atoms with Gasteiger partial charge in [0, 0.05) is 11.6 Å². The summed E-state index contributed by atoms with van der Waals surface area (Å²) in [6, 6.07) is 3.87. The van der Waals surface area contributed by atoms with Crippen LogP contribution in [-0.4, -0.2) is 12.6 Å². The van der Waals surface area contributed by atoms with Crippen LogP contribution in [0.2, 0.25) is 10.0 Å². The summed E-state index contributed by atoms with van der Waals surface area (Å²) in [5, 5.41) is 3.11. The van der Waals surface area contributed by atoms with Gasteiger partial charge in [0.1, 0.15) is 0 Å². The first-order chi connectivity index (χ1) is 7.33. The molecule has 0 amide bonds. The summed E-state index contributed by atoms with van der Waals surface area (Å²) in [6.07, 6.45) is 0. The molecule has 0 aliphatic rings. The fraction of sp³-hybridized carbons (Fsp3) is 0.455. The Bertz CT molecular complexity index is 367. The van der Waals surface area contributed by atoms with Crippen LogP contribution < -0.4 is 5.32 Å². The van der Waals surface area contributed by atoms with Crippen molar-refractivity contribution in [2.75, 3.05) is 6.54 Å². The number of rotatable bonds is 4. The summed E-state index contributed by atoms with van der Waals surface area (Å²) in [4.78, 5) is 0. The monoisotopic (exact) mass is 267 g/mol. The normalized spacial score (nSPS) is 12.2. The summed E-state index contributed by atoms with van der Waals surface area (Å²) in [5.41, 5.74) is -0.130. The van der Waals surface area contributed by atoms with Crippen molar-refractivity contribution in [3.05, 3.63) is 33.8 Å². The molecule has 1 aromatic rings. The minimum absolute atomic E-state index is 0.00801. The summed E-state index contributed by atoms with van der Waals surface area (Å²) in [6.45, 7) is 3.21. The number of benzene rings is 1. The van der Waals surface area contributed by atoms with E-state index < -0.39 is 12.5 Å². The third kappa shape index (κ3) is 3.58. The number of hydrogen-bond acceptors (Lipinski definition) is 1. The molecule has 90 valence electrons. The van der Waals surface area contributed by atoms with Gasteiger partial charge in [0.25, 0.3) is 5.92 Å². The second kappa shape index (κ2) is 5.30. The van der Waals surface area contributed by atoms with Crippen molar-refractivity contribution in [2.24, 2.45) is 0 Å². The Balaban J connectivity index is 2.84. The van der Waals surface area contributed by atoms with Crippen LogP contribution in [0.25, 0.3) is 0 Å². The van der Waals surface area contributed by atoms with Crippen molar-refractivity contribution in [1.29, 1.82) is 0 Å². The molecule has 0 radical (unpaired) electrons. The zero-order chi connectivity index (χ0) is 12.3. The van der Waals surface area contributed by atoms with Crippen molar-refractivity contribution in [3.8, 4) is 0 Å². The first-order valence-corrected chi connectivity index (χ1v) is 5.65. The van der Waals surface area contributed by atoms with E-state index in [1.807, 2.05) is 13.8 Å². The molecule has 0 unspecified atom stereocenters. The molecular formula is C11H13Cl2F2N. The largest absolute Gasteiger partial charge is 0.309 e. The first-order valence-electron chi connectivity index (χ1n) is 4.89. The molecule has 0 bridgehead atoms. The van der Waals surface area contributed by atoms with Crippen LogP contribution >= 0.6 is 23.2 Å². The Morgan fingerprint density at radius 1 is 1.25 bits per heavy atom. The fourth-order valence-electron chi connectivity index (χ4n) is 1.16. The van der Waals surface area contributed by atoms with Crippen LogP contribution in [0.4, 0.5) is 8.78 Å². The predicted molar refractivity (Wildman–Crippen MR) is 63.5 cm³/mol. The van der Waals surface area contributed by atoms with Crippen molar-refractivity contribution in [3.63, 3.8) is 0 Å². The van der Waals surface area contributed by atoms with Crippen molar-refractivity contribution < 1.29 is 8.78 Å². The molecule has 0 spiro atoms. The van der Waals surface area contributed by atoms with E-state index in [-0.39, 0.29) is 21.7 Å². The standard InChI is InChI=1S/C11H13Cl2F2N/c1-7(2)16-6-11(14,15)8-3-4-9(12)10(13)5-8/h3-5,7,16H,6H2,1-2H3. The predicted octanol–water partition coefficient (Wildman–Crippen LogP) is 4.08. The minimum atomic E-state index is -2.95. The lowest BCUT2D eigenvalue weighted by atomic mass is 10.1. The molecule has 1 N–H and O–H groups in total. The smallest absolute Gasteiger partial charge is 0.285 e. The van der Waals surface area contributed by atoms with Crippen LogP contribution in [0.5, 0.6) is 0 Å². The van der Waals surface area contributed by atoms with Gasteiger partial charge in [-0.3, -0.25) is 0 Å². The first kappa shape index (κ1) is 13.7. The zero-order valence-electron chi connectivity index (χ0n) is 9.03. The quantitative estimate of drug-likeness (QED) is 0.867. The highest BCUT2D eigenvalue weighted by molar-refractivity contribution is 6.42. The fourth-order valence-corrected chi connectivity index (χ4v) is 1.46. The van der Waals surface area contributed by atoms with Gasteiger partial charge in [-0.15, -0.1) is 0 Å². The van der Waals surface area contributed by atoms with Gasteiger partial charge >= 0.3 is 0 Å². The number of hydrogen-bond donors (Lipinski definition) is 1. The number of halogens is 4. The third-order valence-electron chi connectivity index (χ3n) is 2.07. The van der Waals surface area contributed by atoms with Gasteiger partial charge < -0.3 is 5.32 Å². The Hall–Kier alpha value is -0.380. The maximum atomic E-state index is 13.7. The molecule has 0 atom stereocenters. The third-order valence-corrected chi connectivity index (χ3v) is 2.81. The molecule has 0 saturated carbocycles. The average Bonchev–Trinajstić information content (AvgIpc) is 2.19. The molecule has 1 aromatic carbocycles. The molecule has 0 heterocycles. The molecule has 0 aliphatic carbocycles. The SMILES string of the molecule is CC(C)NCC(F)(F)c1ccc(Cl)c(Cl)c1. The zero-order valence-corrected chi connectivity index (χ0v) is 10.5. The highest BCUT2D eigenvalue weighted by Crippen LogP contribution is 2.32. The van der Waals surface area contributed by atoms with Gasteiger partial charge in [0.15, 0.2) is 0 Å². The van der Waals surface area contributed by atoms with Crippen molar-refractivity contribution >= 4 is 23.2 Å². The van der Waals surface area contributed by atoms with Crippen LogP contribution in [0.1, 0.15) is 19.4 Å². The Labute approximate surface area is 104 Å². The van der Waals surface area contributed by atoms with Gasteiger partial charge in [0.05, 0.1) is 16.6 Å². The van der Waals surface area contributed by atoms with E-state index in [4.69, 9.17) is 23.2 Å². The van der Waals surface area contributed by atoms with Gasteiger partial charge in [-0.2, -0.15) is 8.78 Å². The van der Waals surface area contributed by atoms with Crippen LogP contribution in [0.15, 0.2) is 18.2 Å². The second-order valence-corrected chi connectivity index (χ2v) is 4.68. The highest BCUT2D eigenvalue weighted by atomic mass is 35.5. The molecule has 1 nitrogen and oxygen atoms in total. The maximum Gasteiger partial charge on any atom is 0.285 e. The Kier molecular flexibility index (Phi) is 4.53. The molecule has 16 heavy (non-hydrogen) atoms. The molecular weight excluding hydrogens is 255 g/mol. The molecule has 0 aliphatic heterocycles. The molecule has 0 fully saturated rings. The molecule has 1 rings (SSSR count). The van der Waals surface area contributed by atoms with Gasteiger partial charge in [-0.25, -0.2) is 0 Å². The van der Waals surface area contributed by atoms with Gasteiger partial charge in [-0.1, -0.05) is 43.1 Å². The summed E-state index contributed by atoms with van der Waals surface area (Å²) >= 11 is 11.4. The van der Waals surface area contributed by atoms with E-state index in [0.717, 1.165) is 0 Å². The lowest BCUT2D eigenvalue weighted by molar-refractivity contribution is -0.00482. The Morgan fingerprint density at radius 2 is 1.88 bits per heavy atom. The van der Waals surface area contributed by atoms with Gasteiger partial charge in [0.2, 0.25) is 0 Å². The second-order valence-electron chi connectivity index (χ2n) is 3.87. The Morgan fingerprint density at radius 3 is 2.38 bits per heavy atom. The van der Waals surface area contributed by atoms with Crippen molar-refractivity contribution in [1.82, 2.24) is 5.32 Å². The van der Waals surface area contributed by atoms with E-state index >= 15 is 0 Å². The van der Waals surface area contributed by atoms with Crippen LogP contribution in [0, 0.1) is 0 Å². The van der Waals surface area contributed by atoms with Crippen molar-refractivity contribution in [2.45, 2.75) is 25.8 Å². The molecule has 0 aromatic heterocycles. The van der Waals surface area contributed by atoms with Crippen LogP contribution in [-0.2, 0) is 5.92 Å². The number of nitrogens with one attached hydrogen (secondary N) is 1. The lowest BCUT2D eigenvalue weighted by Crippen LogP contribution is -2.34. The van der Waals surface area contributed by atoms with E-state index in [9.17, 15) is 8.78 Å². The highest BCUT2D eigenvalue weighted by Gasteiger charge is 2.31. The van der Waals surface area contributed by atoms with E-state index in [2.05, 4.69) is 5.32 Å². The topological polar surface area (TPSA) is 12.0 Å². The van der Waals surface area contributed by atoms with Gasteiger partial charge in [-0.05, 0) is 12.1 Å². The average molecular weight is 268 g/mol. The lowest BCUT2D eigenvalue weighted by Gasteiger charge is -2.19. The maximum absolute atomic E-state index is 13.7. The summed E-state index contributed by atoms with van der Waals surface area (Å²) in [7, 11) is 0. The van der Waals surface area contributed by atoms with E-state index in [1.165, 1.54) is 18.2 Å². The van der Waals surface area contributed by atoms with E-state index in [1.54, 1.807) is 0 Å². The summed E-state index contributed by atoms with van der Waals surface area (Å²) in [5.74, 6) is -2.95. The molecule has 5 heteroatoms. The summed E-state index contributed by atoms with van der Waals surface area (Å²) < 4.78 is 27.3. The number of alkyl halides is 2. The molecule has 0 saturated heterocycles. The van der Waals surface area contributed by atoms with E-state index in [0.29, 0.717) is 0 Å². The van der Waals surface area contributed by atoms with Crippen LogP contribution in [0.3, 0.4) is 0 Å². The minimum Gasteiger partial charge on any atom is -0.309 e.